The zero-order chi connectivity index (χ0) is 19.5. The van der Waals surface area contributed by atoms with E-state index in [2.05, 4.69) is 57.2 Å². The third-order valence-corrected chi connectivity index (χ3v) is 6.19. The molecule has 3 rings (SSSR count). The molecule has 1 aliphatic rings. The van der Waals surface area contributed by atoms with Gasteiger partial charge in [0.25, 0.3) is 0 Å². The summed E-state index contributed by atoms with van der Waals surface area (Å²) in [5, 5.41) is 9.51. The fraction of sp³-hybridized carbons (Fsp3) is 0.435. The van der Waals surface area contributed by atoms with Crippen LogP contribution in [0.25, 0.3) is 0 Å². The van der Waals surface area contributed by atoms with Crippen molar-refractivity contribution < 1.29 is 9.47 Å². The zero-order valence-electron chi connectivity index (χ0n) is 16.5. The number of ether oxygens (including phenoxy) is 2. The average molecular weight is 382 g/mol. The lowest BCUT2D eigenvalue weighted by Crippen LogP contribution is -2.35. The average Bonchev–Trinajstić information content (AvgIpc) is 2.68. The summed E-state index contributed by atoms with van der Waals surface area (Å²) < 4.78 is 11.4. The molecular formula is C23H27NO2S. The van der Waals surface area contributed by atoms with Crippen LogP contribution in [0, 0.1) is 11.3 Å². The first-order valence-corrected chi connectivity index (χ1v) is 10.1. The summed E-state index contributed by atoms with van der Waals surface area (Å²) >= 11 is 1.69. The van der Waals surface area contributed by atoms with Crippen molar-refractivity contribution in [2.45, 2.75) is 54.4 Å². The molecule has 142 valence electrons. The number of hydrogen-bond donors (Lipinski definition) is 0. The third-order valence-electron chi connectivity index (χ3n) is 5.21. The van der Waals surface area contributed by atoms with Crippen molar-refractivity contribution in [2.75, 3.05) is 20.3 Å². The molecule has 0 aromatic heterocycles. The summed E-state index contributed by atoms with van der Waals surface area (Å²) in [5.41, 5.74) is 2.84. The minimum absolute atomic E-state index is 0.144. The minimum atomic E-state index is -0.365. The molecule has 0 N–H and O–H groups in total. The zero-order valence-corrected chi connectivity index (χ0v) is 17.4. The van der Waals surface area contributed by atoms with Crippen LogP contribution >= 0.6 is 11.8 Å². The van der Waals surface area contributed by atoms with Gasteiger partial charge in [0, 0.05) is 43.0 Å². The summed E-state index contributed by atoms with van der Waals surface area (Å²) in [6.07, 6.45) is 1.62. The molecule has 0 spiro atoms. The summed E-state index contributed by atoms with van der Waals surface area (Å²) in [5.74, 6) is 0. The first kappa shape index (κ1) is 19.9. The van der Waals surface area contributed by atoms with Gasteiger partial charge in [-0.05, 0) is 46.9 Å². The van der Waals surface area contributed by atoms with Crippen molar-refractivity contribution in [1.82, 2.24) is 0 Å². The first-order chi connectivity index (χ1) is 12.9. The van der Waals surface area contributed by atoms with Gasteiger partial charge in [0.05, 0.1) is 17.2 Å². The van der Waals surface area contributed by atoms with Crippen molar-refractivity contribution in [3.05, 3.63) is 59.2 Å². The number of rotatable bonds is 4. The Balaban J connectivity index is 1.91. The van der Waals surface area contributed by atoms with E-state index in [1.165, 1.54) is 10.5 Å². The number of hydrogen-bond acceptors (Lipinski definition) is 4. The maximum atomic E-state index is 9.51. The smallest absolute Gasteiger partial charge is 0.0992 e. The number of benzene rings is 2. The van der Waals surface area contributed by atoms with Crippen molar-refractivity contribution in [3.8, 4) is 6.07 Å². The Kier molecular flexibility index (Phi) is 5.95. The van der Waals surface area contributed by atoms with E-state index in [0.717, 1.165) is 23.3 Å². The summed E-state index contributed by atoms with van der Waals surface area (Å²) in [4.78, 5) is 2.23. The van der Waals surface area contributed by atoms with E-state index in [4.69, 9.17) is 9.47 Å². The second kappa shape index (κ2) is 8.06. The Morgan fingerprint density at radius 2 is 1.70 bits per heavy atom. The van der Waals surface area contributed by atoms with E-state index in [0.29, 0.717) is 18.8 Å². The van der Waals surface area contributed by atoms with Crippen LogP contribution in [-0.4, -0.2) is 20.3 Å². The molecule has 4 heteroatoms. The van der Waals surface area contributed by atoms with E-state index in [1.807, 2.05) is 12.1 Å². The van der Waals surface area contributed by atoms with Crippen LogP contribution in [0.1, 0.15) is 50.3 Å². The van der Waals surface area contributed by atoms with Gasteiger partial charge in [-0.25, -0.2) is 0 Å². The molecule has 2 aromatic carbocycles. The molecular weight excluding hydrogens is 354 g/mol. The van der Waals surface area contributed by atoms with Gasteiger partial charge in [-0.3, -0.25) is 0 Å². The lowest BCUT2D eigenvalue weighted by atomic mass is 9.85. The Morgan fingerprint density at radius 3 is 2.26 bits per heavy atom. The van der Waals surface area contributed by atoms with Gasteiger partial charge in [0.15, 0.2) is 0 Å². The molecule has 0 atom stereocenters. The lowest BCUT2D eigenvalue weighted by molar-refractivity contribution is -0.0949. The van der Waals surface area contributed by atoms with Gasteiger partial charge in [-0.15, -0.1) is 0 Å². The van der Waals surface area contributed by atoms with Crippen LogP contribution in [0.2, 0.25) is 0 Å². The third kappa shape index (κ3) is 4.55. The van der Waals surface area contributed by atoms with E-state index < -0.39 is 0 Å². The van der Waals surface area contributed by atoms with E-state index in [9.17, 15) is 5.26 Å². The van der Waals surface area contributed by atoms with Crippen LogP contribution in [0.15, 0.2) is 52.3 Å². The normalized spacial score (nSPS) is 16.7. The molecule has 0 aliphatic carbocycles. The van der Waals surface area contributed by atoms with E-state index in [1.54, 1.807) is 18.9 Å². The van der Waals surface area contributed by atoms with Gasteiger partial charge >= 0.3 is 0 Å². The quantitative estimate of drug-likeness (QED) is 0.685. The Morgan fingerprint density at radius 1 is 1.04 bits per heavy atom. The number of nitrogens with zero attached hydrogens (tertiary/aromatic N) is 1. The second-order valence-corrected chi connectivity index (χ2v) is 9.19. The Labute approximate surface area is 166 Å². The first-order valence-electron chi connectivity index (χ1n) is 9.33. The molecule has 3 nitrogen and oxygen atoms in total. The van der Waals surface area contributed by atoms with Gasteiger partial charge in [0.2, 0.25) is 0 Å². The molecule has 0 unspecified atom stereocenters. The Bertz CT molecular complexity index is 825. The molecule has 2 aromatic rings. The molecule has 27 heavy (non-hydrogen) atoms. The van der Waals surface area contributed by atoms with Gasteiger partial charge < -0.3 is 9.47 Å². The van der Waals surface area contributed by atoms with Crippen LogP contribution < -0.4 is 0 Å². The molecule has 0 bridgehead atoms. The van der Waals surface area contributed by atoms with Crippen LogP contribution in [-0.2, 0) is 20.5 Å². The molecule has 1 aliphatic heterocycles. The Hall–Kier alpha value is -1.80. The van der Waals surface area contributed by atoms with Gasteiger partial charge in [-0.2, -0.15) is 5.26 Å². The van der Waals surface area contributed by atoms with Crippen molar-refractivity contribution in [1.29, 1.82) is 5.26 Å². The molecule has 0 saturated carbocycles. The van der Waals surface area contributed by atoms with Gasteiger partial charge in [0.1, 0.15) is 0 Å². The maximum absolute atomic E-state index is 9.51. The molecule has 1 heterocycles. The van der Waals surface area contributed by atoms with E-state index in [-0.39, 0.29) is 11.0 Å². The van der Waals surface area contributed by atoms with Crippen molar-refractivity contribution in [3.63, 3.8) is 0 Å². The molecule has 1 saturated heterocycles. The monoisotopic (exact) mass is 381 g/mol. The van der Waals surface area contributed by atoms with Gasteiger partial charge in [-0.1, -0.05) is 44.7 Å². The van der Waals surface area contributed by atoms with Crippen LogP contribution in [0.3, 0.4) is 0 Å². The van der Waals surface area contributed by atoms with Crippen molar-refractivity contribution >= 4 is 11.8 Å². The highest BCUT2D eigenvalue weighted by molar-refractivity contribution is 7.99. The summed E-state index contributed by atoms with van der Waals surface area (Å²) in [6.45, 7) is 8.02. The fourth-order valence-corrected chi connectivity index (χ4v) is 4.37. The highest BCUT2D eigenvalue weighted by Crippen LogP contribution is 2.39. The topological polar surface area (TPSA) is 42.2 Å². The van der Waals surface area contributed by atoms with Crippen molar-refractivity contribution in [2.24, 2.45) is 0 Å². The lowest BCUT2D eigenvalue weighted by Gasteiger charge is -2.36. The number of nitriles is 1. The fourth-order valence-electron chi connectivity index (χ4n) is 3.46. The highest BCUT2D eigenvalue weighted by Gasteiger charge is 2.35. The molecule has 1 fully saturated rings. The summed E-state index contributed by atoms with van der Waals surface area (Å²) in [7, 11) is 1.75. The molecule has 0 radical (unpaired) electrons. The van der Waals surface area contributed by atoms with Crippen LogP contribution in [0.4, 0.5) is 0 Å². The predicted octanol–water partition coefficient (Wildman–Crippen LogP) is 5.66. The second-order valence-electron chi connectivity index (χ2n) is 8.05. The van der Waals surface area contributed by atoms with E-state index >= 15 is 0 Å². The predicted molar refractivity (Wildman–Crippen MR) is 109 cm³/mol. The standard InChI is InChI=1S/C23H27NO2S/c1-22(2,3)18-5-7-20(8-6-18)27-21-14-17(16-24)13-19(15-21)23(25-4)9-11-26-12-10-23/h5-8,13-15H,9-12H2,1-4H3. The highest BCUT2D eigenvalue weighted by atomic mass is 32.2. The number of methoxy groups -OCH3 is 1. The molecule has 0 amide bonds. The largest absolute Gasteiger partial charge is 0.381 e. The maximum Gasteiger partial charge on any atom is 0.0992 e. The summed E-state index contributed by atoms with van der Waals surface area (Å²) in [6, 6.07) is 17.1. The minimum Gasteiger partial charge on any atom is -0.381 e. The van der Waals surface area contributed by atoms with Crippen LogP contribution in [0.5, 0.6) is 0 Å². The SMILES string of the molecule is COC1(c2cc(C#N)cc(Sc3ccc(C(C)(C)C)cc3)c2)CCOCC1.